The summed E-state index contributed by atoms with van der Waals surface area (Å²) in [5.74, 6) is -0.0764. The molecule has 0 bridgehead atoms. The van der Waals surface area contributed by atoms with Crippen LogP contribution in [0.2, 0.25) is 0 Å². The molecular weight excluding hydrogens is 244 g/mol. The van der Waals surface area contributed by atoms with Gasteiger partial charge in [0.25, 0.3) is 11.5 Å². The Morgan fingerprint density at radius 3 is 2.95 bits per heavy atom. The maximum Gasteiger partial charge on any atom is 0.274 e. The number of aromatic nitrogens is 2. The van der Waals surface area contributed by atoms with Crippen LogP contribution < -0.4 is 10.9 Å². The highest BCUT2D eigenvalue weighted by molar-refractivity contribution is 5.92. The van der Waals surface area contributed by atoms with E-state index in [0.717, 1.165) is 38.5 Å². The first-order chi connectivity index (χ1) is 9.25. The van der Waals surface area contributed by atoms with Gasteiger partial charge in [0.2, 0.25) is 0 Å². The lowest BCUT2D eigenvalue weighted by Gasteiger charge is -2.29. The van der Waals surface area contributed by atoms with Crippen molar-refractivity contribution in [1.29, 1.82) is 0 Å². The van der Waals surface area contributed by atoms with Crippen LogP contribution in [-0.2, 0) is 0 Å². The molecule has 2 aliphatic rings. The Morgan fingerprint density at radius 2 is 2.26 bits per heavy atom. The van der Waals surface area contributed by atoms with Gasteiger partial charge in [-0.1, -0.05) is 0 Å². The molecule has 1 amide bonds. The van der Waals surface area contributed by atoms with Crippen molar-refractivity contribution in [3.05, 3.63) is 28.4 Å². The third-order valence-corrected chi connectivity index (χ3v) is 4.01. The van der Waals surface area contributed by atoms with Crippen LogP contribution in [0, 0.1) is 0 Å². The average molecular weight is 262 g/mol. The largest absolute Gasteiger partial charge is 0.333 e. The zero-order valence-corrected chi connectivity index (χ0v) is 10.8. The number of carbonyl (C=O) groups excluding carboxylic acids is 1. The molecule has 2 atom stereocenters. The number of rotatable bonds is 2. The van der Waals surface area contributed by atoms with Crippen LogP contribution in [0.1, 0.15) is 36.2 Å². The molecule has 3 heterocycles. The quantitative estimate of drug-likeness (QED) is 0.794. The topological polar surface area (TPSA) is 78.1 Å². The summed E-state index contributed by atoms with van der Waals surface area (Å²) in [6, 6.07) is 0.679. The summed E-state index contributed by atoms with van der Waals surface area (Å²) in [6.45, 7) is 1.82. The minimum Gasteiger partial charge on any atom is -0.333 e. The number of hydrogen-bond donors (Lipinski definition) is 2. The van der Waals surface area contributed by atoms with Crippen molar-refractivity contribution in [2.45, 2.75) is 37.8 Å². The van der Waals surface area contributed by atoms with E-state index in [1.165, 1.54) is 12.6 Å². The van der Waals surface area contributed by atoms with E-state index in [0.29, 0.717) is 11.7 Å². The van der Waals surface area contributed by atoms with Gasteiger partial charge in [0.05, 0.1) is 6.20 Å². The van der Waals surface area contributed by atoms with Crippen LogP contribution in [0.5, 0.6) is 0 Å². The Labute approximate surface area is 111 Å². The highest BCUT2D eigenvalue weighted by atomic mass is 16.2. The second-order valence-corrected chi connectivity index (χ2v) is 5.21. The van der Waals surface area contributed by atoms with Gasteiger partial charge in [-0.15, -0.1) is 0 Å². The van der Waals surface area contributed by atoms with Crippen molar-refractivity contribution in [3.8, 4) is 0 Å². The Bertz CT molecular complexity index is 501. The molecule has 0 spiro atoms. The van der Waals surface area contributed by atoms with Crippen LogP contribution in [0.4, 0.5) is 0 Å². The number of likely N-dealkylation sites (tertiary alicyclic amines) is 1. The van der Waals surface area contributed by atoms with E-state index in [4.69, 9.17) is 0 Å². The van der Waals surface area contributed by atoms with Gasteiger partial charge in [-0.3, -0.25) is 9.59 Å². The molecule has 6 nitrogen and oxygen atoms in total. The standard InChI is InChI=1S/C13H18N4O2/c18-12-8-15-10(7-16-12)13(19)17-6-2-4-11(17)9-3-1-5-14-9/h7-9,11,14H,1-6H2,(H,16,18). The lowest BCUT2D eigenvalue weighted by Crippen LogP contribution is -2.46. The molecule has 6 heteroatoms. The second-order valence-electron chi connectivity index (χ2n) is 5.21. The van der Waals surface area contributed by atoms with Crippen LogP contribution in [0.25, 0.3) is 0 Å². The van der Waals surface area contributed by atoms with Gasteiger partial charge in [0.15, 0.2) is 0 Å². The fourth-order valence-electron chi connectivity index (χ4n) is 3.11. The number of hydrogen-bond acceptors (Lipinski definition) is 4. The number of nitrogens with zero attached hydrogens (tertiary/aromatic N) is 2. The summed E-state index contributed by atoms with van der Waals surface area (Å²) in [4.78, 5) is 31.8. The van der Waals surface area contributed by atoms with E-state index in [2.05, 4.69) is 15.3 Å². The predicted octanol–water partition coefficient (Wildman–Crippen LogP) is 0.126. The molecule has 2 N–H and O–H groups in total. The Hall–Kier alpha value is -1.69. The SMILES string of the molecule is O=C(c1c[nH]c(=O)cn1)N1CCCC1C1CCCN1. The van der Waals surface area contributed by atoms with Crippen molar-refractivity contribution < 1.29 is 4.79 Å². The highest BCUT2D eigenvalue weighted by Crippen LogP contribution is 2.25. The Balaban J connectivity index is 1.78. The minimum absolute atomic E-state index is 0.0764. The zero-order valence-electron chi connectivity index (χ0n) is 10.8. The first kappa shape index (κ1) is 12.3. The number of nitrogens with one attached hydrogen (secondary N) is 2. The molecule has 1 aromatic heterocycles. The van der Waals surface area contributed by atoms with Gasteiger partial charge in [-0.25, -0.2) is 4.98 Å². The van der Waals surface area contributed by atoms with E-state index < -0.39 is 0 Å². The molecule has 2 aliphatic heterocycles. The molecule has 2 saturated heterocycles. The van der Waals surface area contributed by atoms with Crippen LogP contribution in [0.15, 0.2) is 17.2 Å². The van der Waals surface area contributed by atoms with E-state index in [1.807, 2.05) is 4.90 Å². The summed E-state index contributed by atoms with van der Waals surface area (Å²) in [5.41, 5.74) is 0.0384. The first-order valence-corrected chi connectivity index (χ1v) is 6.85. The smallest absolute Gasteiger partial charge is 0.274 e. The minimum atomic E-state index is -0.285. The molecule has 1 aromatic rings. The summed E-state index contributed by atoms with van der Waals surface area (Å²) < 4.78 is 0. The van der Waals surface area contributed by atoms with Gasteiger partial charge in [-0.05, 0) is 32.2 Å². The summed E-state index contributed by atoms with van der Waals surface area (Å²) >= 11 is 0. The molecule has 0 radical (unpaired) electrons. The van der Waals surface area contributed by atoms with Crippen molar-refractivity contribution in [2.75, 3.05) is 13.1 Å². The van der Waals surface area contributed by atoms with E-state index >= 15 is 0 Å². The second kappa shape index (κ2) is 5.13. The van der Waals surface area contributed by atoms with Gasteiger partial charge < -0.3 is 15.2 Å². The molecule has 2 unspecified atom stereocenters. The van der Waals surface area contributed by atoms with Crippen molar-refractivity contribution >= 4 is 5.91 Å². The van der Waals surface area contributed by atoms with Crippen molar-refractivity contribution in [1.82, 2.24) is 20.2 Å². The van der Waals surface area contributed by atoms with E-state index in [9.17, 15) is 9.59 Å². The lowest BCUT2D eigenvalue weighted by atomic mass is 10.0. The normalized spacial score (nSPS) is 26.8. The molecule has 19 heavy (non-hydrogen) atoms. The van der Waals surface area contributed by atoms with Gasteiger partial charge in [0, 0.05) is 24.8 Å². The van der Waals surface area contributed by atoms with Crippen LogP contribution in [0.3, 0.4) is 0 Å². The van der Waals surface area contributed by atoms with Gasteiger partial charge in [0.1, 0.15) is 5.69 Å². The Kier molecular flexibility index (Phi) is 3.33. The fourth-order valence-corrected chi connectivity index (χ4v) is 3.11. The van der Waals surface area contributed by atoms with Crippen LogP contribution in [-0.4, -0.2) is 45.9 Å². The Morgan fingerprint density at radius 1 is 1.37 bits per heavy atom. The zero-order chi connectivity index (χ0) is 13.2. The predicted molar refractivity (Wildman–Crippen MR) is 69.9 cm³/mol. The maximum atomic E-state index is 12.4. The third-order valence-electron chi connectivity index (χ3n) is 4.01. The van der Waals surface area contributed by atoms with Gasteiger partial charge in [-0.2, -0.15) is 0 Å². The molecule has 0 aromatic carbocycles. The highest BCUT2D eigenvalue weighted by Gasteiger charge is 2.36. The monoisotopic (exact) mass is 262 g/mol. The molecule has 0 aliphatic carbocycles. The summed E-state index contributed by atoms with van der Waals surface area (Å²) in [6.07, 6.45) is 6.96. The van der Waals surface area contributed by atoms with Crippen molar-refractivity contribution in [3.63, 3.8) is 0 Å². The number of carbonyl (C=O) groups is 1. The molecular formula is C13H18N4O2. The van der Waals surface area contributed by atoms with Crippen LogP contribution >= 0.6 is 0 Å². The fraction of sp³-hybridized carbons (Fsp3) is 0.615. The molecule has 0 saturated carbocycles. The average Bonchev–Trinajstić information content (AvgIpc) is 3.09. The number of H-pyrrole nitrogens is 1. The first-order valence-electron chi connectivity index (χ1n) is 6.85. The maximum absolute atomic E-state index is 12.4. The third kappa shape index (κ3) is 2.40. The molecule has 2 fully saturated rings. The van der Waals surface area contributed by atoms with E-state index in [1.54, 1.807) is 0 Å². The molecule has 102 valence electrons. The van der Waals surface area contributed by atoms with Gasteiger partial charge >= 0.3 is 0 Å². The number of aromatic amines is 1. The van der Waals surface area contributed by atoms with Crippen molar-refractivity contribution in [2.24, 2.45) is 0 Å². The number of amides is 1. The van der Waals surface area contributed by atoms with E-state index in [-0.39, 0.29) is 17.5 Å². The lowest BCUT2D eigenvalue weighted by molar-refractivity contribution is 0.0705. The summed E-state index contributed by atoms with van der Waals surface area (Å²) in [5, 5.41) is 3.47. The summed E-state index contributed by atoms with van der Waals surface area (Å²) in [7, 11) is 0. The molecule has 3 rings (SSSR count).